The molecule has 0 saturated heterocycles. The van der Waals surface area contributed by atoms with Crippen molar-refractivity contribution in [2.75, 3.05) is 5.32 Å². The van der Waals surface area contributed by atoms with Crippen molar-refractivity contribution < 1.29 is 0 Å². The van der Waals surface area contributed by atoms with E-state index < -0.39 is 0 Å². The van der Waals surface area contributed by atoms with Crippen LogP contribution in [-0.4, -0.2) is 24.7 Å². The van der Waals surface area contributed by atoms with Gasteiger partial charge in [-0.15, -0.1) is 0 Å². The minimum absolute atomic E-state index is 0.507. The summed E-state index contributed by atoms with van der Waals surface area (Å²) in [6.07, 6.45) is 7.24. The molecule has 5 rings (SSSR count). The first kappa shape index (κ1) is 21.0. The fourth-order valence-corrected chi connectivity index (χ4v) is 3.67. The fraction of sp³-hybridized carbons (Fsp3) is 0.0741. The molecule has 0 radical (unpaired) electrons. The third-order valence-electron chi connectivity index (χ3n) is 5.34. The zero-order valence-electron chi connectivity index (χ0n) is 18.6. The first-order valence-electron chi connectivity index (χ1n) is 10.8. The second-order valence-electron chi connectivity index (χ2n) is 7.90. The van der Waals surface area contributed by atoms with Gasteiger partial charge in [-0.25, -0.2) is 9.97 Å². The summed E-state index contributed by atoms with van der Waals surface area (Å²) in [6, 6.07) is 23.5. The minimum atomic E-state index is 0.507. The topological polar surface area (TPSA) is 92.3 Å². The van der Waals surface area contributed by atoms with E-state index in [0.717, 1.165) is 33.8 Å². The van der Waals surface area contributed by atoms with Gasteiger partial charge in [0, 0.05) is 41.6 Å². The molecule has 0 aliphatic heterocycles. The maximum Gasteiger partial charge on any atom is 0.227 e. The van der Waals surface area contributed by atoms with Gasteiger partial charge < -0.3 is 5.32 Å². The van der Waals surface area contributed by atoms with Crippen LogP contribution < -0.4 is 5.32 Å². The number of hydrogen-bond donors (Lipinski definition) is 1. The van der Waals surface area contributed by atoms with Crippen molar-refractivity contribution in [1.29, 1.82) is 5.26 Å². The van der Waals surface area contributed by atoms with Crippen LogP contribution in [0.15, 0.2) is 91.5 Å². The van der Waals surface area contributed by atoms with Gasteiger partial charge in [0.2, 0.25) is 5.95 Å². The smallest absolute Gasteiger partial charge is 0.227 e. The summed E-state index contributed by atoms with van der Waals surface area (Å²) in [5.74, 6) is 0.507. The Bertz CT molecular complexity index is 1470. The van der Waals surface area contributed by atoms with E-state index in [-0.39, 0.29) is 0 Å². The molecule has 7 nitrogen and oxygen atoms in total. The largest absolute Gasteiger partial charge is 0.324 e. The van der Waals surface area contributed by atoms with Crippen LogP contribution in [0, 0.1) is 18.3 Å². The highest BCUT2D eigenvalue weighted by Crippen LogP contribution is 2.30. The molecular formula is C27H21N7. The van der Waals surface area contributed by atoms with Crippen molar-refractivity contribution in [2.24, 2.45) is 0 Å². The van der Waals surface area contributed by atoms with Crippen molar-refractivity contribution in [2.45, 2.75) is 13.5 Å². The Kier molecular flexibility index (Phi) is 5.78. The highest BCUT2D eigenvalue weighted by Gasteiger charge is 2.16. The van der Waals surface area contributed by atoms with Crippen LogP contribution in [0.2, 0.25) is 0 Å². The first-order valence-corrected chi connectivity index (χ1v) is 10.8. The lowest BCUT2D eigenvalue weighted by molar-refractivity contribution is 0.689. The van der Waals surface area contributed by atoms with E-state index in [2.05, 4.69) is 28.3 Å². The number of benzene rings is 2. The van der Waals surface area contributed by atoms with E-state index in [0.29, 0.717) is 18.1 Å². The lowest BCUT2D eigenvalue weighted by atomic mass is 10.1. The Morgan fingerprint density at radius 1 is 1.00 bits per heavy atom. The summed E-state index contributed by atoms with van der Waals surface area (Å²) in [4.78, 5) is 13.4. The van der Waals surface area contributed by atoms with E-state index in [1.54, 1.807) is 24.7 Å². The number of nitriles is 1. The van der Waals surface area contributed by atoms with Gasteiger partial charge in [0.15, 0.2) is 0 Å². The Labute approximate surface area is 197 Å². The van der Waals surface area contributed by atoms with Crippen LogP contribution in [0.5, 0.6) is 0 Å². The normalized spacial score (nSPS) is 10.6. The molecule has 3 aromatic heterocycles. The van der Waals surface area contributed by atoms with Gasteiger partial charge >= 0.3 is 0 Å². The monoisotopic (exact) mass is 443 g/mol. The summed E-state index contributed by atoms with van der Waals surface area (Å²) in [5.41, 5.74) is 7.03. The van der Waals surface area contributed by atoms with Gasteiger partial charge in [-0.3, -0.25) is 9.67 Å². The zero-order valence-corrected chi connectivity index (χ0v) is 18.6. The summed E-state index contributed by atoms with van der Waals surface area (Å²) >= 11 is 0. The zero-order chi connectivity index (χ0) is 23.3. The van der Waals surface area contributed by atoms with Gasteiger partial charge in [0.1, 0.15) is 5.69 Å². The van der Waals surface area contributed by atoms with Gasteiger partial charge in [0.05, 0.1) is 23.9 Å². The van der Waals surface area contributed by atoms with Gasteiger partial charge in [-0.1, -0.05) is 29.8 Å². The van der Waals surface area contributed by atoms with E-state index in [1.165, 1.54) is 5.56 Å². The Balaban J connectivity index is 1.52. The molecule has 5 aromatic rings. The molecule has 3 heterocycles. The molecule has 0 aliphatic carbocycles. The highest BCUT2D eigenvalue weighted by molar-refractivity contribution is 5.78. The number of nitrogens with one attached hydrogen (secondary N) is 1. The standard InChI is InChI=1S/C27H21N7/c1-19-7-9-23(10-8-19)31-27-30-13-11-25(32-27)24-18-34(17-21-5-2-4-20(14-21)15-28)33-26(24)22-6-3-12-29-16-22/h2-14,16,18H,17H2,1H3,(H,30,31,32). The molecule has 34 heavy (non-hydrogen) atoms. The predicted molar refractivity (Wildman–Crippen MR) is 131 cm³/mol. The quantitative estimate of drug-likeness (QED) is 0.379. The summed E-state index contributed by atoms with van der Waals surface area (Å²) in [7, 11) is 0. The maximum absolute atomic E-state index is 9.22. The molecule has 0 fully saturated rings. The lowest BCUT2D eigenvalue weighted by Crippen LogP contribution is -2.00. The fourth-order valence-electron chi connectivity index (χ4n) is 3.67. The number of anilines is 2. The molecule has 0 saturated carbocycles. The van der Waals surface area contributed by atoms with Crippen molar-refractivity contribution >= 4 is 11.6 Å². The Hall–Kier alpha value is -4.83. The molecular weight excluding hydrogens is 422 g/mol. The van der Waals surface area contributed by atoms with E-state index in [1.807, 2.05) is 71.5 Å². The van der Waals surface area contributed by atoms with Gasteiger partial charge in [-0.2, -0.15) is 10.4 Å². The SMILES string of the molecule is Cc1ccc(Nc2nccc(-c3cn(Cc4cccc(C#N)c4)nc3-c3cccnc3)n2)cc1. The lowest BCUT2D eigenvalue weighted by Gasteiger charge is -2.07. The summed E-state index contributed by atoms with van der Waals surface area (Å²) < 4.78 is 1.86. The Morgan fingerprint density at radius 2 is 1.88 bits per heavy atom. The van der Waals surface area contributed by atoms with Crippen molar-refractivity contribution in [3.8, 4) is 28.6 Å². The third kappa shape index (κ3) is 4.66. The summed E-state index contributed by atoms with van der Waals surface area (Å²) in [6.45, 7) is 2.58. The molecule has 7 heteroatoms. The maximum atomic E-state index is 9.22. The number of pyridine rings is 1. The van der Waals surface area contributed by atoms with Crippen LogP contribution in [-0.2, 0) is 6.54 Å². The minimum Gasteiger partial charge on any atom is -0.324 e. The average Bonchev–Trinajstić information content (AvgIpc) is 3.30. The van der Waals surface area contributed by atoms with Crippen LogP contribution >= 0.6 is 0 Å². The molecule has 2 aromatic carbocycles. The van der Waals surface area contributed by atoms with Gasteiger partial charge in [-0.05, 0) is 55.0 Å². The molecule has 164 valence electrons. The van der Waals surface area contributed by atoms with E-state index in [9.17, 15) is 5.26 Å². The second kappa shape index (κ2) is 9.35. The van der Waals surface area contributed by atoms with E-state index in [4.69, 9.17) is 10.1 Å². The van der Waals surface area contributed by atoms with E-state index >= 15 is 0 Å². The number of rotatable bonds is 6. The molecule has 0 atom stereocenters. The molecule has 1 N–H and O–H groups in total. The van der Waals surface area contributed by atoms with Crippen molar-refractivity contribution in [3.63, 3.8) is 0 Å². The number of aryl methyl sites for hydroxylation is 1. The van der Waals surface area contributed by atoms with Gasteiger partial charge in [0.25, 0.3) is 0 Å². The molecule has 0 amide bonds. The van der Waals surface area contributed by atoms with Crippen LogP contribution in [0.25, 0.3) is 22.5 Å². The van der Waals surface area contributed by atoms with Crippen LogP contribution in [0.1, 0.15) is 16.7 Å². The molecule has 0 unspecified atom stereocenters. The predicted octanol–water partition coefficient (Wildman–Crippen LogP) is 5.37. The average molecular weight is 444 g/mol. The number of hydrogen-bond acceptors (Lipinski definition) is 6. The molecule has 0 spiro atoms. The summed E-state index contributed by atoms with van der Waals surface area (Å²) in [5, 5.41) is 17.3. The highest BCUT2D eigenvalue weighted by atomic mass is 15.3. The number of aromatic nitrogens is 5. The Morgan fingerprint density at radius 3 is 2.68 bits per heavy atom. The van der Waals surface area contributed by atoms with Crippen molar-refractivity contribution in [3.05, 3.63) is 108 Å². The second-order valence-corrected chi connectivity index (χ2v) is 7.90. The molecule has 0 aliphatic rings. The third-order valence-corrected chi connectivity index (χ3v) is 5.34. The number of nitrogens with zero attached hydrogens (tertiary/aromatic N) is 6. The van der Waals surface area contributed by atoms with Crippen LogP contribution in [0.4, 0.5) is 11.6 Å². The first-order chi connectivity index (χ1) is 16.7. The van der Waals surface area contributed by atoms with Crippen molar-refractivity contribution in [1.82, 2.24) is 24.7 Å². The van der Waals surface area contributed by atoms with Crippen LogP contribution in [0.3, 0.4) is 0 Å². The molecule has 0 bridgehead atoms.